The van der Waals surface area contributed by atoms with Gasteiger partial charge in [-0.3, -0.25) is 5.73 Å². The molecule has 1 unspecified atom stereocenters. The van der Waals surface area contributed by atoms with E-state index in [0.717, 1.165) is 5.56 Å². The van der Waals surface area contributed by atoms with E-state index in [1.54, 1.807) is 12.1 Å². The molecule has 0 aliphatic heterocycles. The first-order chi connectivity index (χ1) is 7.58. The predicted molar refractivity (Wildman–Crippen MR) is 57.5 cm³/mol. The second-order valence-electron chi connectivity index (χ2n) is 3.44. The molecule has 0 amide bonds. The zero-order valence-corrected chi connectivity index (χ0v) is 8.80. The van der Waals surface area contributed by atoms with Crippen LogP contribution in [0.5, 0.6) is 0 Å². The van der Waals surface area contributed by atoms with Crippen LogP contribution in [0.25, 0.3) is 0 Å². The lowest BCUT2D eigenvalue weighted by molar-refractivity contribution is -0.169. The number of hydrogen-bond donors (Lipinski definition) is 3. The molecule has 0 spiro atoms. The number of carboxylic acid groups (broad SMARTS) is 1. The van der Waals surface area contributed by atoms with Gasteiger partial charge in [0.1, 0.15) is 0 Å². The Kier molecular flexibility index (Phi) is 4.42. The highest BCUT2D eigenvalue weighted by Crippen LogP contribution is 2.12. The van der Waals surface area contributed by atoms with Crippen LogP contribution in [0.2, 0.25) is 0 Å². The molecule has 0 radical (unpaired) electrons. The summed E-state index contributed by atoms with van der Waals surface area (Å²) in [6.07, 6.45) is -0.144. The summed E-state index contributed by atoms with van der Waals surface area (Å²) in [6, 6.07) is 9.11. The van der Waals surface area contributed by atoms with Crippen LogP contribution in [0, 0.1) is 0 Å². The summed E-state index contributed by atoms with van der Waals surface area (Å²) in [5.41, 5.74) is 4.52. The van der Waals surface area contributed by atoms with Crippen LogP contribution < -0.4 is 5.73 Å². The molecule has 0 aliphatic rings. The third-order valence-corrected chi connectivity index (χ3v) is 2.18. The summed E-state index contributed by atoms with van der Waals surface area (Å²) in [4.78, 5) is 10.9. The van der Waals surface area contributed by atoms with E-state index in [0.29, 0.717) is 0 Å². The van der Waals surface area contributed by atoms with Crippen LogP contribution in [-0.2, 0) is 16.1 Å². The van der Waals surface area contributed by atoms with Crippen molar-refractivity contribution in [3.63, 3.8) is 0 Å². The van der Waals surface area contributed by atoms with E-state index >= 15 is 0 Å². The van der Waals surface area contributed by atoms with Gasteiger partial charge in [0.25, 0.3) is 0 Å². The van der Waals surface area contributed by atoms with Crippen LogP contribution in [0.15, 0.2) is 30.3 Å². The smallest absolute Gasteiger partial charge is 0.351 e. The Morgan fingerprint density at radius 2 is 2.00 bits per heavy atom. The average molecular weight is 225 g/mol. The minimum atomic E-state index is -1.83. The van der Waals surface area contributed by atoms with Crippen molar-refractivity contribution in [2.45, 2.75) is 18.8 Å². The number of benzene rings is 1. The number of ether oxygens (including phenoxy) is 1. The van der Waals surface area contributed by atoms with E-state index in [9.17, 15) is 4.79 Å². The molecule has 1 aromatic rings. The Labute approximate surface area is 93.5 Å². The Hall–Kier alpha value is -1.43. The van der Waals surface area contributed by atoms with Gasteiger partial charge in [-0.1, -0.05) is 30.3 Å². The van der Waals surface area contributed by atoms with Crippen molar-refractivity contribution < 1.29 is 19.7 Å². The molecule has 5 heteroatoms. The molecule has 0 fully saturated rings. The van der Waals surface area contributed by atoms with Crippen molar-refractivity contribution in [1.82, 2.24) is 0 Å². The van der Waals surface area contributed by atoms with Crippen molar-refractivity contribution >= 4 is 5.97 Å². The van der Waals surface area contributed by atoms with E-state index in [2.05, 4.69) is 0 Å². The molecule has 0 bridgehead atoms. The quantitative estimate of drug-likeness (QED) is 0.606. The van der Waals surface area contributed by atoms with Crippen LogP contribution in [-0.4, -0.2) is 28.5 Å². The maximum Gasteiger partial charge on any atom is 0.351 e. The van der Waals surface area contributed by atoms with Crippen LogP contribution in [0.3, 0.4) is 0 Å². The number of carbonyl (C=O) groups is 1. The lowest BCUT2D eigenvalue weighted by Crippen LogP contribution is -2.51. The summed E-state index contributed by atoms with van der Waals surface area (Å²) in [7, 11) is 0. The maximum atomic E-state index is 10.9. The first-order valence-corrected chi connectivity index (χ1v) is 4.89. The number of hydrogen-bond acceptors (Lipinski definition) is 4. The van der Waals surface area contributed by atoms with Crippen molar-refractivity contribution in [2.24, 2.45) is 5.73 Å². The highest BCUT2D eigenvalue weighted by atomic mass is 16.5. The summed E-state index contributed by atoms with van der Waals surface area (Å²) < 4.78 is 5.14. The van der Waals surface area contributed by atoms with Gasteiger partial charge in [-0.2, -0.15) is 0 Å². The second kappa shape index (κ2) is 5.60. The first-order valence-electron chi connectivity index (χ1n) is 4.89. The zero-order chi connectivity index (χ0) is 12.0. The third-order valence-electron chi connectivity index (χ3n) is 2.18. The minimum Gasteiger partial charge on any atom is -0.478 e. The van der Waals surface area contributed by atoms with Gasteiger partial charge in [0.05, 0.1) is 6.61 Å². The van der Waals surface area contributed by atoms with Gasteiger partial charge < -0.3 is 14.9 Å². The van der Waals surface area contributed by atoms with Gasteiger partial charge in [0, 0.05) is 13.0 Å². The highest BCUT2D eigenvalue weighted by Gasteiger charge is 2.34. The molecule has 1 atom stereocenters. The van der Waals surface area contributed by atoms with Gasteiger partial charge >= 0.3 is 5.97 Å². The topological polar surface area (TPSA) is 92.8 Å². The van der Waals surface area contributed by atoms with Gasteiger partial charge in [0.2, 0.25) is 5.72 Å². The number of carboxylic acids is 1. The van der Waals surface area contributed by atoms with E-state index in [-0.39, 0.29) is 19.6 Å². The normalized spacial score (nSPS) is 14.4. The monoisotopic (exact) mass is 225 g/mol. The van der Waals surface area contributed by atoms with Crippen LogP contribution in [0.1, 0.15) is 12.0 Å². The number of aliphatic carboxylic acids is 1. The molecule has 0 saturated carbocycles. The van der Waals surface area contributed by atoms with Gasteiger partial charge in [-0.15, -0.1) is 0 Å². The molecule has 4 N–H and O–H groups in total. The molecule has 1 rings (SSSR count). The third kappa shape index (κ3) is 3.30. The highest BCUT2D eigenvalue weighted by molar-refractivity contribution is 5.76. The fourth-order valence-electron chi connectivity index (χ4n) is 1.19. The number of nitrogens with two attached hydrogens (primary N) is 1. The first kappa shape index (κ1) is 12.6. The summed E-state index contributed by atoms with van der Waals surface area (Å²) in [5.74, 6) is -1.28. The summed E-state index contributed by atoms with van der Waals surface area (Å²) in [6.45, 7) is -0.235. The van der Waals surface area contributed by atoms with Crippen molar-refractivity contribution in [3.8, 4) is 0 Å². The maximum absolute atomic E-state index is 10.9. The molecule has 0 aromatic heterocycles. The Morgan fingerprint density at radius 3 is 2.50 bits per heavy atom. The Bertz CT molecular complexity index is 341. The molecular formula is C11H15NO4. The fourth-order valence-corrected chi connectivity index (χ4v) is 1.19. The number of aliphatic hydroxyl groups is 1. The molecule has 0 saturated heterocycles. The van der Waals surface area contributed by atoms with Crippen molar-refractivity contribution in [2.75, 3.05) is 6.61 Å². The lowest BCUT2D eigenvalue weighted by atomic mass is 10.1. The molecule has 5 nitrogen and oxygen atoms in total. The van der Waals surface area contributed by atoms with Crippen LogP contribution in [0.4, 0.5) is 0 Å². The number of rotatable bonds is 6. The largest absolute Gasteiger partial charge is 0.478 e. The molecule has 0 heterocycles. The molecule has 16 heavy (non-hydrogen) atoms. The van der Waals surface area contributed by atoms with Gasteiger partial charge in [0.15, 0.2) is 0 Å². The summed E-state index contributed by atoms with van der Waals surface area (Å²) >= 11 is 0. The van der Waals surface area contributed by atoms with Crippen molar-refractivity contribution in [3.05, 3.63) is 35.9 Å². The molecule has 1 aromatic carbocycles. The van der Waals surface area contributed by atoms with E-state index in [1.165, 1.54) is 0 Å². The van der Waals surface area contributed by atoms with Crippen LogP contribution >= 0.6 is 0 Å². The number of aliphatic hydroxyl groups excluding tert-OH is 1. The summed E-state index contributed by atoms with van der Waals surface area (Å²) in [5, 5.41) is 17.6. The molecule has 88 valence electrons. The molecular weight excluding hydrogens is 210 g/mol. The van der Waals surface area contributed by atoms with E-state index < -0.39 is 11.7 Å². The molecule has 0 aliphatic carbocycles. The second-order valence-corrected chi connectivity index (χ2v) is 3.44. The lowest BCUT2D eigenvalue weighted by Gasteiger charge is -2.24. The Morgan fingerprint density at radius 1 is 1.38 bits per heavy atom. The average Bonchev–Trinajstić information content (AvgIpc) is 2.28. The zero-order valence-electron chi connectivity index (χ0n) is 8.80. The van der Waals surface area contributed by atoms with E-state index in [1.807, 2.05) is 18.2 Å². The Balaban J connectivity index is 2.60. The van der Waals surface area contributed by atoms with Crippen molar-refractivity contribution in [1.29, 1.82) is 0 Å². The van der Waals surface area contributed by atoms with E-state index in [4.69, 9.17) is 20.7 Å². The predicted octanol–water partition coefficient (Wildman–Crippen LogP) is 0.325. The van der Waals surface area contributed by atoms with Gasteiger partial charge in [-0.05, 0) is 5.56 Å². The SMILES string of the molecule is NC(CCO)(OCc1ccccc1)C(=O)O. The minimum absolute atomic E-state index is 0.101. The standard InChI is InChI=1S/C11H15NO4/c12-11(6-7-13,10(14)15)16-8-9-4-2-1-3-5-9/h1-5,13H,6-8,12H2,(H,14,15). The fraction of sp³-hybridized carbons (Fsp3) is 0.364. The van der Waals surface area contributed by atoms with Gasteiger partial charge in [-0.25, -0.2) is 4.79 Å².